The van der Waals surface area contributed by atoms with Crippen LogP contribution >= 0.6 is 27.5 Å². The summed E-state index contributed by atoms with van der Waals surface area (Å²) in [4.78, 5) is 23.9. The van der Waals surface area contributed by atoms with Gasteiger partial charge in [-0.1, -0.05) is 23.7 Å². The maximum absolute atomic E-state index is 12.0. The van der Waals surface area contributed by atoms with E-state index in [4.69, 9.17) is 21.1 Å². The van der Waals surface area contributed by atoms with Gasteiger partial charge >= 0.3 is 5.97 Å². The van der Waals surface area contributed by atoms with Crippen molar-refractivity contribution in [3.63, 3.8) is 0 Å². The predicted octanol–water partition coefficient (Wildman–Crippen LogP) is 4.15. The zero-order valence-corrected chi connectivity index (χ0v) is 14.0. The van der Waals surface area contributed by atoms with Gasteiger partial charge in [0.05, 0.1) is 17.7 Å². The number of carbonyl (C=O) groups excluding carboxylic acids is 2. The molecule has 2 rings (SSSR count). The van der Waals surface area contributed by atoms with Crippen molar-refractivity contribution in [2.24, 2.45) is 0 Å². The summed E-state index contributed by atoms with van der Waals surface area (Å²) in [6.07, 6.45) is 0. The Bertz CT molecular complexity index is 715. The number of ketones is 1. The molecule has 0 heterocycles. The summed E-state index contributed by atoms with van der Waals surface area (Å²) in [5, 5.41) is 0.325. The summed E-state index contributed by atoms with van der Waals surface area (Å²) in [5.41, 5.74) is 0.716. The Morgan fingerprint density at radius 2 is 1.91 bits per heavy atom. The maximum Gasteiger partial charge on any atom is 0.339 e. The second-order valence-electron chi connectivity index (χ2n) is 4.33. The van der Waals surface area contributed by atoms with Crippen LogP contribution in [0, 0.1) is 0 Å². The predicted molar refractivity (Wildman–Crippen MR) is 86.8 cm³/mol. The molecule has 0 saturated heterocycles. The van der Waals surface area contributed by atoms with Crippen LogP contribution in [0.25, 0.3) is 0 Å². The Morgan fingerprint density at radius 3 is 2.55 bits per heavy atom. The number of benzene rings is 2. The van der Waals surface area contributed by atoms with E-state index < -0.39 is 5.97 Å². The highest BCUT2D eigenvalue weighted by Crippen LogP contribution is 2.25. The Kier molecular flexibility index (Phi) is 5.57. The molecule has 0 bridgehead atoms. The minimum Gasteiger partial charge on any atom is -0.495 e. The Balaban J connectivity index is 2.02. The fourth-order valence-corrected chi connectivity index (χ4v) is 2.46. The third kappa shape index (κ3) is 3.87. The average molecular weight is 384 g/mol. The van der Waals surface area contributed by atoms with E-state index in [1.165, 1.54) is 13.2 Å². The Morgan fingerprint density at radius 1 is 1.18 bits per heavy atom. The number of esters is 1. The largest absolute Gasteiger partial charge is 0.495 e. The van der Waals surface area contributed by atoms with Crippen LogP contribution in [0.3, 0.4) is 0 Å². The van der Waals surface area contributed by atoms with Crippen molar-refractivity contribution in [2.45, 2.75) is 0 Å². The summed E-state index contributed by atoms with van der Waals surface area (Å²) in [7, 11) is 1.49. The van der Waals surface area contributed by atoms with Crippen LogP contribution in [0.15, 0.2) is 46.9 Å². The monoisotopic (exact) mass is 382 g/mol. The minimum absolute atomic E-state index is 0.325. The van der Waals surface area contributed by atoms with E-state index >= 15 is 0 Å². The highest BCUT2D eigenvalue weighted by atomic mass is 79.9. The second-order valence-corrected chi connectivity index (χ2v) is 5.59. The summed E-state index contributed by atoms with van der Waals surface area (Å²) < 4.78 is 10.7. The molecule has 4 nitrogen and oxygen atoms in total. The first-order chi connectivity index (χ1) is 10.5. The van der Waals surface area contributed by atoms with Gasteiger partial charge in [-0.05, 0) is 46.3 Å². The lowest BCUT2D eigenvalue weighted by molar-refractivity contribution is 0.0474. The number of Topliss-reactive ketones (excluding diaryl/α,β-unsaturated/α-hetero) is 1. The van der Waals surface area contributed by atoms with E-state index in [0.29, 0.717) is 26.4 Å². The normalized spacial score (nSPS) is 10.1. The fraction of sp³-hybridized carbons (Fsp3) is 0.125. The third-order valence-electron chi connectivity index (χ3n) is 2.90. The molecular formula is C16H12BrClO4. The van der Waals surface area contributed by atoms with Gasteiger partial charge in [0.15, 0.2) is 12.4 Å². The lowest BCUT2D eigenvalue weighted by Gasteiger charge is -2.07. The number of rotatable bonds is 5. The number of hydrogen-bond acceptors (Lipinski definition) is 4. The maximum atomic E-state index is 12.0. The van der Waals surface area contributed by atoms with Crippen molar-refractivity contribution in [1.82, 2.24) is 0 Å². The van der Waals surface area contributed by atoms with Gasteiger partial charge in [0, 0.05) is 10.0 Å². The summed E-state index contributed by atoms with van der Waals surface area (Å²) in [5.74, 6) is -0.436. The topological polar surface area (TPSA) is 52.6 Å². The molecule has 0 radical (unpaired) electrons. The van der Waals surface area contributed by atoms with Gasteiger partial charge in [-0.25, -0.2) is 4.79 Å². The molecule has 0 N–H and O–H groups in total. The fourth-order valence-electron chi connectivity index (χ4n) is 1.76. The molecule has 0 aliphatic heterocycles. The third-order valence-corrected chi connectivity index (χ3v) is 3.89. The van der Waals surface area contributed by atoms with Gasteiger partial charge in [0.25, 0.3) is 0 Å². The van der Waals surface area contributed by atoms with Crippen molar-refractivity contribution in [1.29, 1.82) is 0 Å². The quantitative estimate of drug-likeness (QED) is 0.575. The van der Waals surface area contributed by atoms with Gasteiger partial charge < -0.3 is 9.47 Å². The molecule has 0 aliphatic carbocycles. The lowest BCUT2D eigenvalue weighted by Crippen LogP contribution is -2.14. The van der Waals surface area contributed by atoms with Gasteiger partial charge in [-0.2, -0.15) is 0 Å². The zero-order chi connectivity index (χ0) is 16.1. The van der Waals surface area contributed by atoms with E-state index in [1.54, 1.807) is 36.4 Å². The second kappa shape index (κ2) is 7.42. The van der Waals surface area contributed by atoms with Gasteiger partial charge in [0.2, 0.25) is 0 Å². The van der Waals surface area contributed by atoms with Crippen molar-refractivity contribution in [3.05, 3.63) is 63.1 Å². The molecule has 114 valence electrons. The van der Waals surface area contributed by atoms with Crippen molar-refractivity contribution in [3.8, 4) is 5.75 Å². The average Bonchev–Trinajstić information content (AvgIpc) is 2.52. The Labute approximate surface area is 141 Å². The van der Waals surface area contributed by atoms with Crippen molar-refractivity contribution < 1.29 is 19.1 Å². The SMILES string of the molecule is COc1ccc(C(=O)COC(=O)c2ccccc2Br)cc1Cl. The summed E-state index contributed by atoms with van der Waals surface area (Å²) in [6, 6.07) is 11.5. The zero-order valence-electron chi connectivity index (χ0n) is 11.6. The molecule has 0 aliphatic rings. The van der Waals surface area contributed by atoms with E-state index in [1.807, 2.05) is 0 Å². The molecule has 2 aromatic rings. The van der Waals surface area contributed by atoms with Crippen LogP contribution in [0.5, 0.6) is 5.75 Å². The van der Waals surface area contributed by atoms with E-state index in [9.17, 15) is 9.59 Å². The minimum atomic E-state index is -0.569. The standard InChI is InChI=1S/C16H12BrClO4/c1-21-15-7-6-10(8-13(15)18)14(19)9-22-16(20)11-4-2-3-5-12(11)17/h2-8H,9H2,1H3. The highest BCUT2D eigenvalue weighted by molar-refractivity contribution is 9.10. The highest BCUT2D eigenvalue weighted by Gasteiger charge is 2.15. The number of carbonyl (C=O) groups is 2. The smallest absolute Gasteiger partial charge is 0.339 e. The molecule has 0 fully saturated rings. The van der Waals surface area contributed by atoms with Gasteiger partial charge in [-0.15, -0.1) is 0 Å². The number of ether oxygens (including phenoxy) is 2. The molecule has 0 aromatic heterocycles. The summed E-state index contributed by atoms with van der Waals surface area (Å²) in [6.45, 7) is -0.358. The number of halogens is 2. The molecule has 22 heavy (non-hydrogen) atoms. The van der Waals surface area contributed by atoms with Crippen LogP contribution in [0.4, 0.5) is 0 Å². The molecule has 0 spiro atoms. The molecule has 2 aromatic carbocycles. The molecule has 6 heteroatoms. The first kappa shape index (κ1) is 16.5. The van der Waals surface area contributed by atoms with Crippen molar-refractivity contribution in [2.75, 3.05) is 13.7 Å². The van der Waals surface area contributed by atoms with Gasteiger partial charge in [0.1, 0.15) is 5.75 Å². The first-order valence-electron chi connectivity index (χ1n) is 6.31. The van der Waals surface area contributed by atoms with Crippen molar-refractivity contribution >= 4 is 39.3 Å². The number of methoxy groups -OCH3 is 1. The molecule has 0 saturated carbocycles. The van der Waals surface area contributed by atoms with Crippen LogP contribution in [-0.2, 0) is 4.74 Å². The first-order valence-corrected chi connectivity index (χ1v) is 7.48. The Hall–Kier alpha value is -1.85. The van der Waals surface area contributed by atoms with Crippen LogP contribution in [0.2, 0.25) is 5.02 Å². The van der Waals surface area contributed by atoms with Crippen LogP contribution in [0.1, 0.15) is 20.7 Å². The van der Waals surface area contributed by atoms with Crippen LogP contribution < -0.4 is 4.74 Å². The summed E-state index contributed by atoms with van der Waals surface area (Å²) >= 11 is 9.22. The molecule has 0 amide bonds. The van der Waals surface area contributed by atoms with Gasteiger partial charge in [-0.3, -0.25) is 4.79 Å². The van der Waals surface area contributed by atoms with Crippen LogP contribution in [-0.4, -0.2) is 25.5 Å². The molecular weight excluding hydrogens is 372 g/mol. The van der Waals surface area contributed by atoms with E-state index in [2.05, 4.69) is 15.9 Å². The molecule has 0 unspecified atom stereocenters. The number of hydrogen-bond donors (Lipinski definition) is 0. The lowest BCUT2D eigenvalue weighted by atomic mass is 10.1. The van der Waals surface area contributed by atoms with E-state index in [0.717, 1.165) is 0 Å². The molecule has 0 atom stereocenters. The van der Waals surface area contributed by atoms with E-state index in [-0.39, 0.29) is 12.4 Å².